The number of nitrogens with one attached hydrogen (secondary N) is 1. The number of amides is 1. The number of pyridine rings is 1. The van der Waals surface area contributed by atoms with E-state index >= 15 is 0 Å². The third-order valence-corrected chi connectivity index (χ3v) is 3.76. The van der Waals surface area contributed by atoms with Crippen molar-refractivity contribution < 1.29 is 9.90 Å². The molecular weight excluding hydrogens is 256 g/mol. The number of nitrogen functional groups attached to an aromatic ring is 1. The van der Waals surface area contributed by atoms with Gasteiger partial charge in [0.15, 0.2) is 0 Å². The van der Waals surface area contributed by atoms with Gasteiger partial charge < -0.3 is 15.4 Å². The summed E-state index contributed by atoms with van der Waals surface area (Å²) in [7, 11) is 1.71. The average Bonchev–Trinajstić information content (AvgIpc) is 2.83. The zero-order valence-electron chi connectivity index (χ0n) is 12.0. The number of carbonyl (C=O) groups is 1. The summed E-state index contributed by atoms with van der Waals surface area (Å²) in [5.41, 5.74) is 2.96. The maximum Gasteiger partial charge on any atom is 0.253 e. The fourth-order valence-corrected chi connectivity index (χ4v) is 2.79. The smallest absolute Gasteiger partial charge is 0.253 e. The quantitative estimate of drug-likeness (QED) is 0.565. The van der Waals surface area contributed by atoms with Crippen LogP contribution >= 0.6 is 0 Å². The van der Waals surface area contributed by atoms with Gasteiger partial charge in [-0.3, -0.25) is 4.79 Å². The third kappa shape index (κ3) is 3.26. The summed E-state index contributed by atoms with van der Waals surface area (Å²) in [6.45, 7) is 2.17. The van der Waals surface area contributed by atoms with Crippen molar-refractivity contribution >= 4 is 11.7 Å². The Morgan fingerprint density at radius 1 is 1.50 bits per heavy atom. The van der Waals surface area contributed by atoms with Crippen LogP contribution in [0.15, 0.2) is 12.1 Å². The molecule has 0 saturated heterocycles. The monoisotopic (exact) mass is 278 g/mol. The standard InChI is InChI=1S/C14H22N4O2/c1-10-7-11(8-12(16-10)17-15)13(19)18(2)9-14(20)5-3-4-6-14/h7-8,20H,3-6,9,15H2,1-2H3,(H,16,17). The number of hydrogen-bond acceptors (Lipinski definition) is 5. The van der Waals surface area contributed by atoms with Crippen molar-refractivity contribution in [2.75, 3.05) is 19.0 Å². The van der Waals surface area contributed by atoms with Crippen molar-refractivity contribution in [1.29, 1.82) is 0 Å². The summed E-state index contributed by atoms with van der Waals surface area (Å²) in [5.74, 6) is 5.67. The lowest BCUT2D eigenvalue weighted by Gasteiger charge is -2.28. The van der Waals surface area contributed by atoms with Crippen LogP contribution in [0.3, 0.4) is 0 Å². The second-order valence-electron chi connectivity index (χ2n) is 5.62. The Morgan fingerprint density at radius 2 is 2.15 bits per heavy atom. The van der Waals surface area contributed by atoms with Gasteiger partial charge in [-0.2, -0.15) is 0 Å². The van der Waals surface area contributed by atoms with Gasteiger partial charge in [0.25, 0.3) is 5.91 Å². The van der Waals surface area contributed by atoms with Gasteiger partial charge in [-0.15, -0.1) is 0 Å². The summed E-state index contributed by atoms with van der Waals surface area (Å²) in [6.07, 6.45) is 3.56. The van der Waals surface area contributed by atoms with Crippen molar-refractivity contribution in [2.24, 2.45) is 5.84 Å². The Balaban J connectivity index is 2.12. The van der Waals surface area contributed by atoms with Crippen LogP contribution in [0, 0.1) is 6.92 Å². The van der Waals surface area contributed by atoms with Crippen LogP contribution in [0.25, 0.3) is 0 Å². The number of nitrogens with two attached hydrogens (primary N) is 1. The molecule has 2 rings (SSSR count). The zero-order chi connectivity index (χ0) is 14.8. The molecular formula is C14H22N4O2. The van der Waals surface area contributed by atoms with Gasteiger partial charge in [0.1, 0.15) is 5.82 Å². The first-order valence-corrected chi connectivity index (χ1v) is 6.87. The van der Waals surface area contributed by atoms with E-state index in [1.807, 2.05) is 6.92 Å². The van der Waals surface area contributed by atoms with E-state index in [0.717, 1.165) is 31.4 Å². The number of anilines is 1. The molecule has 110 valence electrons. The van der Waals surface area contributed by atoms with E-state index in [2.05, 4.69) is 10.4 Å². The number of aromatic nitrogens is 1. The molecule has 1 aliphatic rings. The highest BCUT2D eigenvalue weighted by atomic mass is 16.3. The molecule has 6 heteroatoms. The fourth-order valence-electron chi connectivity index (χ4n) is 2.79. The molecule has 1 aliphatic carbocycles. The molecule has 1 heterocycles. The lowest BCUT2D eigenvalue weighted by molar-refractivity contribution is 0.0157. The van der Waals surface area contributed by atoms with Gasteiger partial charge in [0, 0.05) is 24.8 Å². The molecule has 0 aliphatic heterocycles. The minimum absolute atomic E-state index is 0.132. The Morgan fingerprint density at radius 3 is 2.75 bits per heavy atom. The highest BCUT2D eigenvalue weighted by molar-refractivity contribution is 5.94. The van der Waals surface area contributed by atoms with Gasteiger partial charge in [-0.1, -0.05) is 12.8 Å². The maximum atomic E-state index is 12.4. The van der Waals surface area contributed by atoms with Crippen molar-refractivity contribution in [3.63, 3.8) is 0 Å². The van der Waals surface area contributed by atoms with Crippen molar-refractivity contribution in [1.82, 2.24) is 9.88 Å². The van der Waals surface area contributed by atoms with E-state index in [9.17, 15) is 9.90 Å². The summed E-state index contributed by atoms with van der Waals surface area (Å²) < 4.78 is 0. The molecule has 1 aromatic heterocycles. The van der Waals surface area contributed by atoms with E-state index in [1.165, 1.54) is 0 Å². The molecule has 1 aromatic rings. The first-order valence-electron chi connectivity index (χ1n) is 6.87. The van der Waals surface area contributed by atoms with Crippen molar-refractivity contribution in [2.45, 2.75) is 38.2 Å². The number of aryl methyl sites for hydroxylation is 1. The van der Waals surface area contributed by atoms with Gasteiger partial charge >= 0.3 is 0 Å². The predicted molar refractivity (Wildman–Crippen MR) is 77.2 cm³/mol. The molecule has 0 spiro atoms. The Kier molecular flexibility index (Phi) is 4.25. The molecule has 1 saturated carbocycles. The summed E-state index contributed by atoms with van der Waals surface area (Å²) in [5, 5.41) is 10.4. The number of aliphatic hydroxyl groups is 1. The van der Waals surface area contributed by atoms with E-state index in [4.69, 9.17) is 5.84 Å². The third-order valence-electron chi connectivity index (χ3n) is 3.76. The normalized spacial score (nSPS) is 17.0. The van der Waals surface area contributed by atoms with E-state index in [0.29, 0.717) is 17.9 Å². The molecule has 0 bridgehead atoms. The van der Waals surface area contributed by atoms with Crippen LogP contribution in [0.1, 0.15) is 41.7 Å². The lowest BCUT2D eigenvalue weighted by Crippen LogP contribution is -2.42. The van der Waals surface area contributed by atoms with Crippen LogP contribution in [-0.4, -0.2) is 40.1 Å². The van der Waals surface area contributed by atoms with E-state index in [1.54, 1.807) is 24.1 Å². The SMILES string of the molecule is Cc1cc(C(=O)N(C)CC2(O)CCCC2)cc(NN)n1. The average molecular weight is 278 g/mol. The lowest BCUT2D eigenvalue weighted by atomic mass is 10.0. The number of hydrazine groups is 1. The molecule has 0 radical (unpaired) electrons. The maximum absolute atomic E-state index is 12.4. The molecule has 0 unspecified atom stereocenters. The molecule has 1 fully saturated rings. The predicted octanol–water partition coefficient (Wildman–Crippen LogP) is 1.05. The van der Waals surface area contributed by atoms with E-state index < -0.39 is 5.60 Å². The second-order valence-corrected chi connectivity index (χ2v) is 5.62. The fraction of sp³-hybridized carbons (Fsp3) is 0.571. The topological polar surface area (TPSA) is 91.5 Å². The summed E-state index contributed by atoms with van der Waals surface area (Å²) in [4.78, 5) is 18.1. The van der Waals surface area contributed by atoms with Gasteiger partial charge in [-0.05, 0) is 31.9 Å². The minimum atomic E-state index is -0.735. The van der Waals surface area contributed by atoms with Crippen LogP contribution in [0.5, 0.6) is 0 Å². The van der Waals surface area contributed by atoms with Crippen LogP contribution in [-0.2, 0) is 0 Å². The molecule has 0 atom stereocenters. The number of carbonyl (C=O) groups excluding carboxylic acids is 1. The number of rotatable bonds is 4. The first kappa shape index (κ1) is 14.7. The Hall–Kier alpha value is -1.66. The molecule has 1 amide bonds. The number of hydrogen-bond donors (Lipinski definition) is 3. The number of nitrogens with zero attached hydrogens (tertiary/aromatic N) is 2. The second kappa shape index (κ2) is 5.76. The largest absolute Gasteiger partial charge is 0.388 e. The van der Waals surface area contributed by atoms with Crippen molar-refractivity contribution in [3.8, 4) is 0 Å². The van der Waals surface area contributed by atoms with Crippen molar-refractivity contribution in [3.05, 3.63) is 23.4 Å². The molecule has 20 heavy (non-hydrogen) atoms. The zero-order valence-corrected chi connectivity index (χ0v) is 12.0. The molecule has 6 nitrogen and oxygen atoms in total. The van der Waals surface area contributed by atoms with Crippen LogP contribution in [0.4, 0.5) is 5.82 Å². The summed E-state index contributed by atoms with van der Waals surface area (Å²) >= 11 is 0. The van der Waals surface area contributed by atoms with Crippen LogP contribution < -0.4 is 11.3 Å². The summed E-state index contributed by atoms with van der Waals surface area (Å²) in [6, 6.07) is 3.34. The van der Waals surface area contributed by atoms with Crippen LogP contribution in [0.2, 0.25) is 0 Å². The minimum Gasteiger partial charge on any atom is -0.388 e. The molecule has 4 N–H and O–H groups in total. The van der Waals surface area contributed by atoms with E-state index in [-0.39, 0.29) is 5.91 Å². The Bertz CT molecular complexity index is 498. The van der Waals surface area contributed by atoms with Gasteiger partial charge in [-0.25, -0.2) is 10.8 Å². The Labute approximate surface area is 119 Å². The highest BCUT2D eigenvalue weighted by Crippen LogP contribution is 2.30. The van der Waals surface area contributed by atoms with Gasteiger partial charge in [0.05, 0.1) is 5.60 Å². The highest BCUT2D eigenvalue weighted by Gasteiger charge is 2.33. The first-order chi connectivity index (χ1) is 9.43. The number of likely N-dealkylation sites (N-methyl/N-ethyl adjacent to an activating group) is 1. The van der Waals surface area contributed by atoms with Gasteiger partial charge in [0.2, 0.25) is 0 Å². The molecule has 0 aromatic carbocycles.